The topological polar surface area (TPSA) is 66.5 Å². The molecule has 3 rings (SSSR count). The largest absolute Gasteiger partial charge is 0.349 e. The van der Waals surface area contributed by atoms with E-state index in [-0.39, 0.29) is 23.8 Å². The fraction of sp³-hybridized carbons (Fsp3) is 0.526. The molecule has 5 heteroatoms. The highest BCUT2D eigenvalue weighted by molar-refractivity contribution is 6.01. The molecule has 1 aromatic rings. The van der Waals surface area contributed by atoms with Gasteiger partial charge in [0.2, 0.25) is 11.8 Å². The second-order valence-corrected chi connectivity index (χ2v) is 6.91. The van der Waals surface area contributed by atoms with Gasteiger partial charge in [-0.2, -0.15) is 0 Å². The van der Waals surface area contributed by atoms with Crippen molar-refractivity contribution in [3.8, 4) is 0 Å². The molecule has 0 aromatic heterocycles. The van der Waals surface area contributed by atoms with Crippen LogP contribution >= 0.6 is 0 Å². The first-order valence-electron chi connectivity index (χ1n) is 8.77. The third-order valence-electron chi connectivity index (χ3n) is 5.14. The summed E-state index contributed by atoms with van der Waals surface area (Å²) in [6, 6.07) is 7.42. The number of benzene rings is 1. The zero-order valence-corrected chi connectivity index (χ0v) is 14.1. The van der Waals surface area contributed by atoms with Crippen molar-refractivity contribution in [1.82, 2.24) is 10.2 Å². The Hall–Kier alpha value is -2.17. The molecule has 1 N–H and O–H groups in total. The number of nitrogens with one attached hydrogen (secondary N) is 1. The maximum atomic E-state index is 12.4. The summed E-state index contributed by atoms with van der Waals surface area (Å²) >= 11 is 0. The summed E-state index contributed by atoms with van der Waals surface area (Å²) in [4.78, 5) is 37.0. The first kappa shape index (κ1) is 16.7. The molecule has 2 atom stereocenters. The van der Waals surface area contributed by atoms with Crippen LogP contribution in [0.3, 0.4) is 0 Å². The lowest BCUT2D eigenvalue weighted by atomic mass is 9.86. The minimum Gasteiger partial charge on any atom is -0.349 e. The Morgan fingerprint density at radius 1 is 1.08 bits per heavy atom. The van der Waals surface area contributed by atoms with Crippen LogP contribution in [0.2, 0.25) is 0 Å². The van der Waals surface area contributed by atoms with Crippen LogP contribution < -0.4 is 5.32 Å². The number of likely N-dealkylation sites (tertiary alicyclic amines) is 1. The maximum Gasteiger partial charge on any atom is 0.251 e. The van der Waals surface area contributed by atoms with Gasteiger partial charge in [-0.3, -0.25) is 19.3 Å². The van der Waals surface area contributed by atoms with Crippen molar-refractivity contribution in [3.05, 3.63) is 35.4 Å². The number of imide groups is 1. The molecule has 2 aliphatic rings. The van der Waals surface area contributed by atoms with Gasteiger partial charge < -0.3 is 5.32 Å². The Labute approximate surface area is 142 Å². The van der Waals surface area contributed by atoms with Crippen LogP contribution in [-0.4, -0.2) is 28.7 Å². The molecule has 24 heavy (non-hydrogen) atoms. The third kappa shape index (κ3) is 3.66. The zero-order chi connectivity index (χ0) is 17.1. The van der Waals surface area contributed by atoms with Gasteiger partial charge in [0.25, 0.3) is 5.91 Å². The molecule has 0 radical (unpaired) electrons. The zero-order valence-electron chi connectivity index (χ0n) is 14.1. The summed E-state index contributed by atoms with van der Waals surface area (Å²) in [5, 5.41) is 3.13. The molecule has 1 aromatic carbocycles. The summed E-state index contributed by atoms with van der Waals surface area (Å²) in [6.07, 6.45) is 5.24. The van der Waals surface area contributed by atoms with Gasteiger partial charge in [-0.15, -0.1) is 0 Å². The average molecular weight is 328 g/mol. The van der Waals surface area contributed by atoms with Crippen LogP contribution in [0.4, 0.5) is 0 Å². The summed E-state index contributed by atoms with van der Waals surface area (Å²) in [5.74, 6) is 0.240. The van der Waals surface area contributed by atoms with E-state index in [1.54, 1.807) is 12.1 Å². The molecule has 1 saturated heterocycles. The van der Waals surface area contributed by atoms with Crippen molar-refractivity contribution in [3.63, 3.8) is 0 Å². The molecule has 1 saturated carbocycles. The van der Waals surface area contributed by atoms with Crippen LogP contribution in [0, 0.1) is 5.92 Å². The van der Waals surface area contributed by atoms with Gasteiger partial charge in [-0.05, 0) is 36.5 Å². The molecule has 1 aliphatic heterocycles. The maximum absolute atomic E-state index is 12.4. The molecule has 128 valence electrons. The number of amides is 3. The molecule has 5 nitrogen and oxygen atoms in total. The monoisotopic (exact) mass is 328 g/mol. The van der Waals surface area contributed by atoms with Crippen molar-refractivity contribution in [2.45, 2.75) is 58.0 Å². The third-order valence-corrected chi connectivity index (χ3v) is 5.14. The van der Waals surface area contributed by atoms with Gasteiger partial charge in [0, 0.05) is 24.4 Å². The normalized spacial score (nSPS) is 24.3. The van der Waals surface area contributed by atoms with E-state index in [1.807, 2.05) is 12.1 Å². The van der Waals surface area contributed by atoms with E-state index in [0.717, 1.165) is 12.0 Å². The lowest BCUT2D eigenvalue weighted by Gasteiger charge is -2.29. The lowest BCUT2D eigenvalue weighted by molar-refractivity contribution is -0.139. The molecule has 0 spiro atoms. The first-order chi connectivity index (χ1) is 11.5. The van der Waals surface area contributed by atoms with Gasteiger partial charge in [-0.25, -0.2) is 0 Å². The predicted octanol–water partition coefficient (Wildman–Crippen LogP) is 2.64. The fourth-order valence-corrected chi connectivity index (χ4v) is 3.53. The van der Waals surface area contributed by atoms with E-state index in [2.05, 4.69) is 12.2 Å². The van der Waals surface area contributed by atoms with Crippen molar-refractivity contribution in [1.29, 1.82) is 0 Å². The number of nitrogens with zero attached hydrogens (tertiary/aromatic N) is 1. The highest BCUT2D eigenvalue weighted by Gasteiger charge is 2.28. The van der Waals surface area contributed by atoms with Gasteiger partial charge >= 0.3 is 0 Å². The molecular formula is C19H24N2O3. The van der Waals surface area contributed by atoms with Crippen LogP contribution in [0.1, 0.15) is 61.4 Å². The van der Waals surface area contributed by atoms with Crippen molar-refractivity contribution < 1.29 is 14.4 Å². The average Bonchev–Trinajstić information content (AvgIpc) is 2.89. The van der Waals surface area contributed by atoms with Crippen molar-refractivity contribution in [2.75, 3.05) is 0 Å². The van der Waals surface area contributed by atoms with E-state index >= 15 is 0 Å². The Bertz CT molecular complexity index is 623. The number of carbonyl (C=O) groups is 3. The highest BCUT2D eigenvalue weighted by atomic mass is 16.2. The minimum absolute atomic E-state index is 0.0476. The molecule has 1 heterocycles. The summed E-state index contributed by atoms with van der Waals surface area (Å²) in [7, 11) is 0. The minimum atomic E-state index is -0.117. The fourth-order valence-electron chi connectivity index (χ4n) is 3.53. The van der Waals surface area contributed by atoms with Gasteiger partial charge in [0.15, 0.2) is 0 Å². The van der Waals surface area contributed by atoms with Crippen molar-refractivity contribution >= 4 is 17.7 Å². The van der Waals surface area contributed by atoms with E-state index in [1.165, 1.54) is 24.2 Å². The number of carbonyl (C=O) groups excluding carboxylic acids is 3. The standard InChI is InChI=1S/C19H24N2O3/c1-13-4-2-3-5-16(13)20-19(24)15-8-6-14(7-9-15)12-21-17(22)10-11-18(21)23/h6-9,13,16H,2-5,10-12H2,1H3,(H,20,24)/t13-,16-/m1/s1. The molecule has 2 fully saturated rings. The van der Waals surface area contributed by atoms with Gasteiger partial charge in [-0.1, -0.05) is 31.9 Å². The number of hydrogen-bond acceptors (Lipinski definition) is 3. The Morgan fingerprint density at radius 3 is 2.33 bits per heavy atom. The Balaban J connectivity index is 1.60. The Kier molecular flexibility index (Phi) is 4.97. The number of rotatable bonds is 4. The molecule has 1 aliphatic carbocycles. The van der Waals surface area contributed by atoms with Crippen LogP contribution in [0.25, 0.3) is 0 Å². The second-order valence-electron chi connectivity index (χ2n) is 6.91. The quantitative estimate of drug-likeness (QED) is 0.864. The van der Waals surface area contributed by atoms with E-state index < -0.39 is 0 Å². The smallest absolute Gasteiger partial charge is 0.251 e. The van der Waals surface area contributed by atoms with E-state index in [4.69, 9.17) is 0 Å². The van der Waals surface area contributed by atoms with Crippen LogP contribution in [0.5, 0.6) is 0 Å². The van der Waals surface area contributed by atoms with Gasteiger partial charge in [0.1, 0.15) is 0 Å². The number of hydrogen-bond donors (Lipinski definition) is 1. The molecule has 0 unspecified atom stereocenters. The summed E-state index contributed by atoms with van der Waals surface area (Å²) < 4.78 is 0. The summed E-state index contributed by atoms with van der Waals surface area (Å²) in [5.41, 5.74) is 1.48. The van der Waals surface area contributed by atoms with Crippen LogP contribution in [0.15, 0.2) is 24.3 Å². The van der Waals surface area contributed by atoms with Gasteiger partial charge in [0.05, 0.1) is 6.54 Å². The molecule has 0 bridgehead atoms. The SMILES string of the molecule is C[C@@H]1CCCC[C@H]1NC(=O)c1ccc(CN2C(=O)CCC2=O)cc1. The van der Waals surface area contributed by atoms with Crippen molar-refractivity contribution in [2.24, 2.45) is 5.92 Å². The highest BCUT2D eigenvalue weighted by Crippen LogP contribution is 2.24. The van der Waals surface area contributed by atoms with E-state index in [9.17, 15) is 14.4 Å². The molecule has 3 amide bonds. The lowest BCUT2D eigenvalue weighted by Crippen LogP contribution is -2.41. The first-order valence-corrected chi connectivity index (χ1v) is 8.77. The predicted molar refractivity (Wildman–Crippen MR) is 90.1 cm³/mol. The molecular weight excluding hydrogens is 304 g/mol. The second kappa shape index (κ2) is 7.16. The van der Waals surface area contributed by atoms with E-state index in [0.29, 0.717) is 30.9 Å². The summed E-state index contributed by atoms with van der Waals surface area (Å²) in [6.45, 7) is 2.48. The van der Waals surface area contributed by atoms with Crippen LogP contribution in [-0.2, 0) is 16.1 Å². The Morgan fingerprint density at radius 2 is 1.71 bits per heavy atom.